The van der Waals surface area contributed by atoms with E-state index in [2.05, 4.69) is 23.2 Å². The third kappa shape index (κ3) is 1.48. The molecule has 16 heavy (non-hydrogen) atoms. The van der Waals surface area contributed by atoms with E-state index in [9.17, 15) is 0 Å². The summed E-state index contributed by atoms with van der Waals surface area (Å²) >= 11 is 1.57. The van der Waals surface area contributed by atoms with Crippen LogP contribution in [0.5, 0.6) is 0 Å². The van der Waals surface area contributed by atoms with Crippen LogP contribution in [0.15, 0.2) is 24.3 Å². The standard InChI is InChI=1S/C11H11N3OS/c1-2-10-12-13-11(16-10)14-9-6-4-3-5-8(9)7-15-14/h3-6H,2,7H2,1H3. The summed E-state index contributed by atoms with van der Waals surface area (Å²) in [5.41, 5.74) is 2.26. The molecule has 1 aliphatic rings. The maximum absolute atomic E-state index is 5.61. The van der Waals surface area contributed by atoms with Crippen LogP contribution in [0.1, 0.15) is 17.5 Å². The molecule has 0 bridgehead atoms. The molecule has 0 spiro atoms. The number of fused-ring (bicyclic) bond motifs is 1. The number of benzene rings is 1. The van der Waals surface area contributed by atoms with Crippen molar-refractivity contribution in [2.75, 3.05) is 5.06 Å². The lowest BCUT2D eigenvalue weighted by atomic mass is 10.2. The van der Waals surface area contributed by atoms with E-state index >= 15 is 0 Å². The summed E-state index contributed by atoms with van der Waals surface area (Å²) < 4.78 is 0. The molecule has 0 fully saturated rings. The van der Waals surface area contributed by atoms with Crippen molar-refractivity contribution < 1.29 is 4.84 Å². The van der Waals surface area contributed by atoms with Gasteiger partial charge in [-0.15, -0.1) is 10.2 Å². The molecule has 1 aliphatic heterocycles. The van der Waals surface area contributed by atoms with Crippen LogP contribution in [0.3, 0.4) is 0 Å². The summed E-state index contributed by atoms with van der Waals surface area (Å²) in [5, 5.41) is 11.8. The maximum atomic E-state index is 5.61. The van der Waals surface area contributed by atoms with Crippen molar-refractivity contribution >= 4 is 22.2 Å². The number of rotatable bonds is 2. The molecule has 0 saturated carbocycles. The fourth-order valence-corrected chi connectivity index (χ4v) is 2.41. The second-order valence-electron chi connectivity index (χ2n) is 3.53. The minimum absolute atomic E-state index is 0.608. The van der Waals surface area contributed by atoms with Gasteiger partial charge in [-0.05, 0) is 12.5 Å². The molecule has 1 aromatic heterocycles. The van der Waals surface area contributed by atoms with Crippen LogP contribution in [0, 0.1) is 0 Å². The maximum Gasteiger partial charge on any atom is 0.236 e. The molecule has 4 nitrogen and oxygen atoms in total. The molecule has 0 atom stereocenters. The molecule has 5 heteroatoms. The zero-order valence-electron chi connectivity index (χ0n) is 8.88. The van der Waals surface area contributed by atoms with Crippen LogP contribution < -0.4 is 5.06 Å². The topological polar surface area (TPSA) is 38.2 Å². The van der Waals surface area contributed by atoms with Gasteiger partial charge in [-0.1, -0.05) is 36.5 Å². The molecule has 2 aromatic rings. The quantitative estimate of drug-likeness (QED) is 0.799. The highest BCUT2D eigenvalue weighted by Gasteiger charge is 2.24. The molecule has 82 valence electrons. The second-order valence-corrected chi connectivity index (χ2v) is 4.57. The highest BCUT2D eigenvalue weighted by atomic mass is 32.1. The zero-order chi connectivity index (χ0) is 11.0. The van der Waals surface area contributed by atoms with Gasteiger partial charge in [-0.25, -0.2) is 0 Å². The van der Waals surface area contributed by atoms with Crippen LogP contribution in [0.25, 0.3) is 0 Å². The fraction of sp³-hybridized carbons (Fsp3) is 0.273. The first-order chi connectivity index (χ1) is 7.88. The van der Waals surface area contributed by atoms with Gasteiger partial charge in [-0.3, -0.25) is 4.84 Å². The number of hydrogen-bond acceptors (Lipinski definition) is 5. The van der Waals surface area contributed by atoms with Crippen molar-refractivity contribution in [3.63, 3.8) is 0 Å². The Morgan fingerprint density at radius 2 is 2.25 bits per heavy atom. The normalized spacial score (nSPS) is 14.2. The Kier molecular flexibility index (Phi) is 2.34. The van der Waals surface area contributed by atoms with Crippen LogP contribution in [-0.4, -0.2) is 10.2 Å². The van der Waals surface area contributed by atoms with E-state index in [4.69, 9.17) is 4.84 Å². The summed E-state index contributed by atoms with van der Waals surface area (Å²) in [4.78, 5) is 5.61. The van der Waals surface area contributed by atoms with Gasteiger partial charge in [0.2, 0.25) is 5.13 Å². The number of aryl methyl sites for hydroxylation is 1. The van der Waals surface area contributed by atoms with Gasteiger partial charge in [0.25, 0.3) is 0 Å². The Morgan fingerprint density at radius 1 is 1.38 bits per heavy atom. The van der Waals surface area contributed by atoms with Crippen molar-refractivity contribution in [3.05, 3.63) is 34.8 Å². The molecule has 2 heterocycles. The van der Waals surface area contributed by atoms with Crippen molar-refractivity contribution in [1.29, 1.82) is 0 Å². The molecule has 0 radical (unpaired) electrons. The number of hydrogen-bond donors (Lipinski definition) is 0. The minimum Gasteiger partial charge on any atom is -0.261 e. The summed E-state index contributed by atoms with van der Waals surface area (Å²) in [6, 6.07) is 8.12. The monoisotopic (exact) mass is 233 g/mol. The van der Waals surface area contributed by atoms with Gasteiger partial charge in [0, 0.05) is 5.56 Å². The Balaban J connectivity index is 1.98. The van der Waals surface area contributed by atoms with Crippen LogP contribution >= 0.6 is 11.3 Å². The van der Waals surface area contributed by atoms with Gasteiger partial charge < -0.3 is 0 Å². The smallest absolute Gasteiger partial charge is 0.236 e. The van der Waals surface area contributed by atoms with Crippen molar-refractivity contribution in [3.8, 4) is 0 Å². The lowest BCUT2D eigenvalue weighted by Gasteiger charge is -2.12. The summed E-state index contributed by atoms with van der Waals surface area (Å²) in [6.45, 7) is 2.68. The van der Waals surface area contributed by atoms with Gasteiger partial charge >= 0.3 is 0 Å². The third-order valence-corrected chi connectivity index (χ3v) is 3.53. The fourth-order valence-electron chi connectivity index (χ4n) is 1.66. The number of para-hydroxylation sites is 1. The minimum atomic E-state index is 0.608. The zero-order valence-corrected chi connectivity index (χ0v) is 9.70. The lowest BCUT2D eigenvalue weighted by Crippen LogP contribution is -2.10. The van der Waals surface area contributed by atoms with E-state index < -0.39 is 0 Å². The molecular formula is C11H11N3OS. The van der Waals surface area contributed by atoms with Crippen LogP contribution in [0.2, 0.25) is 0 Å². The summed E-state index contributed by atoms with van der Waals surface area (Å²) in [5.74, 6) is 0. The third-order valence-electron chi connectivity index (χ3n) is 2.49. The van der Waals surface area contributed by atoms with E-state index in [1.807, 2.05) is 18.2 Å². The molecule has 0 N–H and O–H groups in total. The number of aromatic nitrogens is 2. The largest absolute Gasteiger partial charge is 0.261 e. The molecule has 3 rings (SSSR count). The number of anilines is 2. The van der Waals surface area contributed by atoms with Crippen molar-refractivity contribution in [2.45, 2.75) is 20.0 Å². The van der Waals surface area contributed by atoms with Gasteiger partial charge in [0.1, 0.15) is 11.6 Å². The van der Waals surface area contributed by atoms with Crippen LogP contribution in [0.4, 0.5) is 10.8 Å². The molecule has 1 aromatic carbocycles. The molecule has 0 amide bonds. The van der Waals surface area contributed by atoms with Crippen molar-refractivity contribution in [2.24, 2.45) is 0 Å². The highest BCUT2D eigenvalue weighted by Crippen LogP contribution is 2.36. The predicted molar refractivity (Wildman–Crippen MR) is 62.7 cm³/mol. The van der Waals surface area contributed by atoms with E-state index in [1.54, 1.807) is 16.4 Å². The SMILES string of the molecule is CCc1nnc(N2OCc3ccccc32)s1. The molecule has 0 saturated heterocycles. The molecular weight excluding hydrogens is 222 g/mol. The Bertz CT molecular complexity index is 511. The first-order valence-corrected chi connectivity index (χ1v) is 6.03. The molecule has 0 aliphatic carbocycles. The van der Waals surface area contributed by atoms with Crippen LogP contribution in [-0.2, 0) is 17.9 Å². The number of nitrogens with zero attached hydrogens (tertiary/aromatic N) is 3. The average Bonchev–Trinajstić information content (AvgIpc) is 2.94. The molecule has 0 unspecified atom stereocenters. The van der Waals surface area contributed by atoms with Crippen molar-refractivity contribution in [1.82, 2.24) is 10.2 Å². The lowest BCUT2D eigenvalue weighted by molar-refractivity contribution is 0.145. The van der Waals surface area contributed by atoms with E-state index in [1.165, 1.54) is 5.56 Å². The van der Waals surface area contributed by atoms with E-state index in [0.29, 0.717) is 6.61 Å². The van der Waals surface area contributed by atoms with Gasteiger partial charge in [0.05, 0.1) is 5.69 Å². The van der Waals surface area contributed by atoms with E-state index in [-0.39, 0.29) is 0 Å². The Labute approximate surface area is 97.5 Å². The first-order valence-electron chi connectivity index (χ1n) is 5.22. The Morgan fingerprint density at radius 3 is 3.06 bits per heavy atom. The second kappa shape index (κ2) is 3.84. The van der Waals surface area contributed by atoms with Gasteiger partial charge in [0.15, 0.2) is 0 Å². The Hall–Kier alpha value is -1.46. The van der Waals surface area contributed by atoms with E-state index in [0.717, 1.165) is 22.2 Å². The summed E-state index contributed by atoms with van der Waals surface area (Å²) in [6.07, 6.45) is 0.910. The van der Waals surface area contributed by atoms with Gasteiger partial charge in [-0.2, -0.15) is 5.06 Å². The average molecular weight is 233 g/mol. The predicted octanol–water partition coefficient (Wildman–Crippen LogP) is 2.68. The summed E-state index contributed by atoms with van der Waals surface area (Å²) in [7, 11) is 0. The first kappa shape index (κ1) is 9.74. The highest BCUT2D eigenvalue weighted by molar-refractivity contribution is 7.15.